The van der Waals surface area contributed by atoms with Gasteiger partial charge >= 0.3 is 0 Å². The predicted molar refractivity (Wildman–Crippen MR) is 143 cm³/mol. The third-order valence-corrected chi connectivity index (χ3v) is 10.5. The van der Waals surface area contributed by atoms with E-state index in [1.165, 1.54) is 25.7 Å². The lowest BCUT2D eigenvalue weighted by Crippen LogP contribution is -2.51. The molecule has 0 bridgehead atoms. The van der Waals surface area contributed by atoms with Crippen LogP contribution in [0.1, 0.15) is 61.7 Å². The first kappa shape index (κ1) is 26.7. The van der Waals surface area contributed by atoms with Gasteiger partial charge in [-0.2, -0.15) is 4.31 Å². The summed E-state index contributed by atoms with van der Waals surface area (Å²) >= 11 is 0. The van der Waals surface area contributed by atoms with Crippen LogP contribution in [0.2, 0.25) is 0 Å². The first-order valence-electron chi connectivity index (χ1n) is 14.1. The lowest BCUT2D eigenvalue weighted by atomic mass is 9.87. The molecule has 0 radical (unpaired) electrons. The van der Waals surface area contributed by atoms with Gasteiger partial charge in [0.1, 0.15) is 13.2 Å². The van der Waals surface area contributed by atoms with Crippen molar-refractivity contribution in [3.05, 3.63) is 23.8 Å². The molecule has 10 heteroatoms. The molecule has 1 saturated carbocycles. The molecule has 2 saturated heterocycles. The van der Waals surface area contributed by atoms with Crippen molar-refractivity contribution >= 4 is 15.9 Å². The second-order valence-electron chi connectivity index (χ2n) is 10.8. The van der Waals surface area contributed by atoms with Gasteiger partial charge in [0.05, 0.1) is 11.3 Å². The molecule has 1 amide bonds. The normalized spacial score (nSPS) is 23.1. The lowest BCUT2D eigenvalue weighted by molar-refractivity contribution is 0.0900. The summed E-state index contributed by atoms with van der Waals surface area (Å²) in [5.74, 6) is 1.35. The van der Waals surface area contributed by atoms with Gasteiger partial charge in [0.25, 0.3) is 5.91 Å². The number of piperazine rings is 1. The molecule has 1 aromatic rings. The number of nitrogens with zero attached hydrogens (tertiary/aromatic N) is 2. The molecule has 1 unspecified atom stereocenters. The summed E-state index contributed by atoms with van der Waals surface area (Å²) in [5.41, 5.74) is 0.476. The Labute approximate surface area is 221 Å². The standard InChI is InChI=1S/C27H42N4O5S/c32-27(23-7-3-9-25-26(23)36-19-18-35-25)29-24(21-10-12-28-13-11-21)8-4-20-37(33,34)31-16-14-30(15-17-31)22-5-1-2-6-22/h3,7,9,21-22,24,28H,1-2,4-6,8,10-20H2,(H,29,32). The van der Waals surface area contributed by atoms with Crippen LogP contribution < -0.4 is 20.1 Å². The summed E-state index contributed by atoms with van der Waals surface area (Å²) in [4.78, 5) is 15.8. The number of rotatable bonds is 9. The fraction of sp³-hybridized carbons (Fsp3) is 0.741. The Kier molecular flexibility index (Phi) is 8.89. The minimum absolute atomic E-state index is 0.0793. The average Bonchev–Trinajstić information content (AvgIpc) is 3.48. The molecule has 37 heavy (non-hydrogen) atoms. The number of sulfonamides is 1. The number of piperidine rings is 1. The van der Waals surface area contributed by atoms with E-state index in [0.29, 0.717) is 68.2 Å². The van der Waals surface area contributed by atoms with E-state index in [0.717, 1.165) is 39.0 Å². The Bertz CT molecular complexity index is 1020. The summed E-state index contributed by atoms with van der Waals surface area (Å²) < 4.78 is 39.4. The SMILES string of the molecule is O=C(NC(CCCS(=O)(=O)N1CCN(C2CCCC2)CC1)C1CCNCC1)c1cccc2c1OCCO2. The third kappa shape index (κ3) is 6.58. The van der Waals surface area contributed by atoms with Crippen LogP contribution in [0.25, 0.3) is 0 Å². The number of benzene rings is 1. The number of fused-ring (bicyclic) bond motifs is 1. The fourth-order valence-corrected chi connectivity index (χ4v) is 7.91. The van der Waals surface area contributed by atoms with Crippen LogP contribution in [0.15, 0.2) is 18.2 Å². The number of carbonyl (C=O) groups is 1. The summed E-state index contributed by atoms with van der Waals surface area (Å²) in [6.45, 7) is 5.58. The minimum atomic E-state index is -3.30. The van der Waals surface area contributed by atoms with Crippen molar-refractivity contribution < 1.29 is 22.7 Å². The molecule has 2 N–H and O–H groups in total. The Morgan fingerprint density at radius 3 is 2.51 bits per heavy atom. The van der Waals surface area contributed by atoms with Gasteiger partial charge in [0.15, 0.2) is 11.5 Å². The summed E-state index contributed by atoms with van der Waals surface area (Å²) in [5, 5.41) is 6.63. The van der Waals surface area contributed by atoms with Gasteiger partial charge in [-0.05, 0) is 69.7 Å². The maximum Gasteiger partial charge on any atom is 0.255 e. The Morgan fingerprint density at radius 2 is 1.76 bits per heavy atom. The van der Waals surface area contributed by atoms with Gasteiger partial charge in [0.2, 0.25) is 10.0 Å². The van der Waals surface area contributed by atoms with E-state index in [9.17, 15) is 13.2 Å². The van der Waals surface area contributed by atoms with E-state index >= 15 is 0 Å². The second-order valence-corrected chi connectivity index (χ2v) is 12.9. The second kappa shape index (κ2) is 12.3. The van der Waals surface area contributed by atoms with Crippen molar-refractivity contribution in [2.45, 2.75) is 63.5 Å². The molecule has 1 atom stereocenters. The summed E-state index contributed by atoms with van der Waals surface area (Å²) in [6, 6.07) is 5.95. The molecule has 3 fully saturated rings. The molecular weight excluding hydrogens is 492 g/mol. The van der Waals surface area contributed by atoms with Gasteiger partial charge in [-0.15, -0.1) is 0 Å². The number of hydrogen-bond acceptors (Lipinski definition) is 7. The van der Waals surface area contributed by atoms with Crippen molar-refractivity contribution in [1.82, 2.24) is 19.8 Å². The van der Waals surface area contributed by atoms with E-state index in [1.54, 1.807) is 16.4 Å². The molecule has 3 heterocycles. The van der Waals surface area contributed by atoms with Crippen molar-refractivity contribution in [2.75, 3.05) is 58.2 Å². The van der Waals surface area contributed by atoms with Crippen LogP contribution in [-0.2, 0) is 10.0 Å². The van der Waals surface area contributed by atoms with E-state index in [2.05, 4.69) is 15.5 Å². The van der Waals surface area contributed by atoms with Crippen LogP contribution >= 0.6 is 0 Å². The van der Waals surface area contributed by atoms with Gasteiger partial charge < -0.3 is 20.1 Å². The molecule has 3 aliphatic heterocycles. The zero-order valence-electron chi connectivity index (χ0n) is 21.8. The van der Waals surface area contributed by atoms with Crippen LogP contribution in [0.5, 0.6) is 11.5 Å². The first-order valence-corrected chi connectivity index (χ1v) is 15.7. The minimum Gasteiger partial charge on any atom is -0.486 e. The van der Waals surface area contributed by atoms with Gasteiger partial charge in [0, 0.05) is 38.3 Å². The van der Waals surface area contributed by atoms with Gasteiger partial charge in [-0.25, -0.2) is 8.42 Å². The fourth-order valence-electron chi connectivity index (χ4n) is 6.40. The number of hydrogen-bond donors (Lipinski definition) is 2. The lowest BCUT2D eigenvalue weighted by Gasteiger charge is -2.37. The van der Waals surface area contributed by atoms with Crippen molar-refractivity contribution in [2.24, 2.45) is 5.92 Å². The van der Waals surface area contributed by atoms with E-state index < -0.39 is 10.0 Å². The predicted octanol–water partition coefficient (Wildman–Crippen LogP) is 2.23. The quantitative estimate of drug-likeness (QED) is 0.501. The molecule has 4 aliphatic rings. The maximum atomic E-state index is 13.3. The Hall–Kier alpha value is -1.88. The van der Waals surface area contributed by atoms with E-state index in [4.69, 9.17) is 9.47 Å². The van der Waals surface area contributed by atoms with Crippen LogP contribution in [-0.4, -0.2) is 93.8 Å². The number of para-hydroxylation sites is 1. The molecule has 5 rings (SSSR count). The number of carbonyl (C=O) groups excluding carboxylic acids is 1. The van der Waals surface area contributed by atoms with E-state index in [1.807, 2.05) is 6.07 Å². The molecule has 1 aliphatic carbocycles. The number of nitrogens with one attached hydrogen (secondary N) is 2. The molecule has 0 spiro atoms. The molecule has 9 nitrogen and oxygen atoms in total. The van der Waals surface area contributed by atoms with Crippen molar-refractivity contribution in [1.29, 1.82) is 0 Å². The highest BCUT2D eigenvalue weighted by atomic mass is 32.2. The summed E-state index contributed by atoms with van der Waals surface area (Å²) in [7, 11) is -3.30. The van der Waals surface area contributed by atoms with Crippen LogP contribution in [0.4, 0.5) is 0 Å². The highest BCUT2D eigenvalue weighted by Gasteiger charge is 2.32. The third-order valence-electron chi connectivity index (χ3n) is 8.51. The average molecular weight is 535 g/mol. The Balaban J connectivity index is 1.17. The number of amides is 1. The topological polar surface area (TPSA) is 100 Å². The van der Waals surface area contributed by atoms with Crippen LogP contribution in [0, 0.1) is 5.92 Å². The highest BCUT2D eigenvalue weighted by molar-refractivity contribution is 7.89. The van der Waals surface area contributed by atoms with Gasteiger partial charge in [-0.3, -0.25) is 9.69 Å². The smallest absolute Gasteiger partial charge is 0.255 e. The highest BCUT2D eigenvalue weighted by Crippen LogP contribution is 2.34. The molecule has 0 aromatic heterocycles. The maximum absolute atomic E-state index is 13.3. The zero-order valence-corrected chi connectivity index (χ0v) is 22.6. The molecular formula is C27H42N4O5S. The van der Waals surface area contributed by atoms with Gasteiger partial charge in [-0.1, -0.05) is 18.9 Å². The van der Waals surface area contributed by atoms with Crippen molar-refractivity contribution in [3.63, 3.8) is 0 Å². The van der Waals surface area contributed by atoms with Crippen LogP contribution in [0.3, 0.4) is 0 Å². The largest absolute Gasteiger partial charge is 0.486 e. The Morgan fingerprint density at radius 1 is 1.03 bits per heavy atom. The van der Waals surface area contributed by atoms with Crippen molar-refractivity contribution in [3.8, 4) is 11.5 Å². The molecule has 1 aromatic carbocycles. The molecule has 206 valence electrons. The zero-order chi connectivity index (χ0) is 25.7. The first-order chi connectivity index (χ1) is 18.0. The monoisotopic (exact) mass is 534 g/mol. The van der Waals surface area contributed by atoms with E-state index in [-0.39, 0.29) is 17.7 Å². The summed E-state index contributed by atoms with van der Waals surface area (Å²) in [6.07, 6.45) is 8.21. The number of ether oxygens (including phenoxy) is 2.